The number of carboxylic acid groups (broad SMARTS) is 1. The van der Waals surface area contributed by atoms with Crippen LogP contribution in [-0.4, -0.2) is 23.0 Å². The van der Waals surface area contributed by atoms with Crippen LogP contribution >= 0.6 is 0 Å². The second-order valence-electron chi connectivity index (χ2n) is 4.17. The fraction of sp³-hybridized carbons (Fsp3) is 0.385. The predicted molar refractivity (Wildman–Crippen MR) is 61.1 cm³/mol. The molecule has 0 saturated heterocycles. The Morgan fingerprint density at radius 2 is 2.12 bits per heavy atom. The number of hydrogen-bond donors (Lipinski definition) is 1. The Kier molecular flexibility index (Phi) is 3.42. The summed E-state index contributed by atoms with van der Waals surface area (Å²) in [6, 6.07) is 7.85. The van der Waals surface area contributed by atoms with Gasteiger partial charge in [0.25, 0.3) is 0 Å². The lowest BCUT2D eigenvalue weighted by Crippen LogP contribution is -2.16. The van der Waals surface area contributed by atoms with Crippen molar-refractivity contribution in [2.75, 3.05) is 0 Å². The van der Waals surface area contributed by atoms with Gasteiger partial charge in [0.1, 0.15) is 11.9 Å². The van der Waals surface area contributed by atoms with E-state index in [1.54, 1.807) is 0 Å². The summed E-state index contributed by atoms with van der Waals surface area (Å²) >= 11 is 0. The molecule has 1 unspecified atom stereocenters. The smallest absolute Gasteiger partial charge is 0.372 e. The summed E-state index contributed by atoms with van der Waals surface area (Å²) in [5, 5.41) is 8.44. The summed E-state index contributed by atoms with van der Waals surface area (Å²) in [7, 11) is 0. The number of carboxylic acids is 1. The first-order valence-corrected chi connectivity index (χ1v) is 5.67. The Morgan fingerprint density at radius 1 is 1.35 bits per heavy atom. The molecule has 0 spiro atoms. The number of fused-ring (bicyclic) bond motifs is 1. The van der Waals surface area contributed by atoms with E-state index < -0.39 is 11.8 Å². The normalized spacial score (nSPS) is 17.3. The van der Waals surface area contributed by atoms with Crippen molar-refractivity contribution in [1.82, 2.24) is 0 Å². The van der Waals surface area contributed by atoms with Gasteiger partial charge in [0.15, 0.2) is 0 Å². The van der Waals surface area contributed by atoms with E-state index in [9.17, 15) is 9.59 Å². The van der Waals surface area contributed by atoms with Gasteiger partial charge >= 0.3 is 5.97 Å². The van der Waals surface area contributed by atoms with Gasteiger partial charge in [-0.15, -0.1) is 0 Å². The Balaban J connectivity index is 1.77. The van der Waals surface area contributed by atoms with Crippen molar-refractivity contribution in [2.24, 2.45) is 0 Å². The molecule has 90 valence electrons. The zero-order chi connectivity index (χ0) is 12.3. The molecule has 0 saturated carbocycles. The summed E-state index contributed by atoms with van der Waals surface area (Å²) in [4.78, 5) is 21.2. The third kappa shape index (κ3) is 2.84. The second kappa shape index (κ2) is 4.99. The maximum absolute atomic E-state index is 10.9. The van der Waals surface area contributed by atoms with E-state index in [1.165, 1.54) is 5.56 Å². The number of carbonyl (C=O) groups excluding carboxylic acids is 1. The number of carbonyl (C=O) groups is 2. The second-order valence-corrected chi connectivity index (χ2v) is 4.17. The SMILES string of the molecule is O=C(O)C(=O)CCCC1Cc2ccccc2O1. The van der Waals surface area contributed by atoms with Crippen LogP contribution in [-0.2, 0) is 16.0 Å². The summed E-state index contributed by atoms with van der Waals surface area (Å²) in [6.07, 6.45) is 2.29. The molecule has 4 heteroatoms. The van der Waals surface area contributed by atoms with Crippen LogP contribution in [0.1, 0.15) is 24.8 Å². The standard InChI is InChI=1S/C13H14O4/c14-11(13(15)16)6-3-5-10-8-9-4-1-2-7-12(9)17-10/h1-2,4,7,10H,3,5-6,8H2,(H,15,16). The fourth-order valence-electron chi connectivity index (χ4n) is 2.01. The van der Waals surface area contributed by atoms with Crippen molar-refractivity contribution in [3.8, 4) is 5.75 Å². The topological polar surface area (TPSA) is 63.6 Å². The molecule has 4 nitrogen and oxygen atoms in total. The molecule has 2 rings (SSSR count). The minimum Gasteiger partial charge on any atom is -0.490 e. The van der Waals surface area contributed by atoms with Crippen LogP contribution in [0, 0.1) is 0 Å². The molecule has 0 bridgehead atoms. The molecule has 1 atom stereocenters. The lowest BCUT2D eigenvalue weighted by molar-refractivity contribution is -0.149. The number of Topliss-reactive ketones (excluding diaryl/α,β-unsaturated/α-hetero) is 1. The Labute approximate surface area is 99.2 Å². The van der Waals surface area contributed by atoms with Crippen LogP contribution in [0.15, 0.2) is 24.3 Å². The molecule has 0 aliphatic carbocycles. The number of para-hydroxylation sites is 1. The fourth-order valence-corrected chi connectivity index (χ4v) is 2.01. The highest BCUT2D eigenvalue weighted by molar-refractivity contribution is 6.32. The highest BCUT2D eigenvalue weighted by Gasteiger charge is 2.22. The maximum atomic E-state index is 10.9. The van der Waals surface area contributed by atoms with Gasteiger partial charge in [-0.2, -0.15) is 0 Å². The molecule has 0 amide bonds. The van der Waals surface area contributed by atoms with E-state index >= 15 is 0 Å². The van der Waals surface area contributed by atoms with E-state index in [-0.39, 0.29) is 12.5 Å². The molecule has 0 radical (unpaired) electrons. The average molecular weight is 234 g/mol. The van der Waals surface area contributed by atoms with Gasteiger partial charge < -0.3 is 9.84 Å². The van der Waals surface area contributed by atoms with Crippen LogP contribution in [0.2, 0.25) is 0 Å². The highest BCUT2D eigenvalue weighted by atomic mass is 16.5. The van der Waals surface area contributed by atoms with Gasteiger partial charge in [0.2, 0.25) is 5.78 Å². The highest BCUT2D eigenvalue weighted by Crippen LogP contribution is 2.30. The van der Waals surface area contributed by atoms with Crippen LogP contribution < -0.4 is 4.74 Å². The van der Waals surface area contributed by atoms with Gasteiger partial charge in [0, 0.05) is 12.8 Å². The molecule has 1 aromatic carbocycles. The minimum absolute atomic E-state index is 0.0778. The Hall–Kier alpha value is -1.84. The quantitative estimate of drug-likeness (QED) is 0.789. The Morgan fingerprint density at radius 3 is 2.82 bits per heavy atom. The van der Waals surface area contributed by atoms with Gasteiger partial charge in [-0.1, -0.05) is 18.2 Å². The average Bonchev–Trinajstić information content (AvgIpc) is 2.71. The van der Waals surface area contributed by atoms with Crippen molar-refractivity contribution in [2.45, 2.75) is 31.8 Å². The summed E-state index contributed by atoms with van der Waals surface area (Å²) in [5.41, 5.74) is 1.18. The molecule has 1 aliphatic heterocycles. The number of hydrogen-bond acceptors (Lipinski definition) is 3. The molecular weight excluding hydrogens is 220 g/mol. The van der Waals surface area contributed by atoms with E-state index in [2.05, 4.69) is 0 Å². The number of rotatable bonds is 5. The monoisotopic (exact) mass is 234 g/mol. The summed E-state index contributed by atoms with van der Waals surface area (Å²) < 4.78 is 5.69. The zero-order valence-electron chi connectivity index (χ0n) is 9.39. The molecule has 1 aromatic rings. The van der Waals surface area contributed by atoms with Crippen LogP contribution in [0.25, 0.3) is 0 Å². The first-order chi connectivity index (χ1) is 8.16. The number of benzene rings is 1. The van der Waals surface area contributed by atoms with Crippen molar-refractivity contribution < 1.29 is 19.4 Å². The van der Waals surface area contributed by atoms with Gasteiger partial charge in [-0.25, -0.2) is 4.79 Å². The first-order valence-electron chi connectivity index (χ1n) is 5.67. The van der Waals surface area contributed by atoms with E-state index in [0.29, 0.717) is 12.8 Å². The van der Waals surface area contributed by atoms with Gasteiger partial charge in [0.05, 0.1) is 0 Å². The summed E-state index contributed by atoms with van der Waals surface area (Å²) in [5.74, 6) is -1.16. The van der Waals surface area contributed by atoms with Crippen molar-refractivity contribution in [3.63, 3.8) is 0 Å². The van der Waals surface area contributed by atoms with E-state index in [4.69, 9.17) is 9.84 Å². The lowest BCUT2D eigenvalue weighted by atomic mass is 10.0. The van der Waals surface area contributed by atoms with Gasteiger partial charge in [-0.05, 0) is 24.5 Å². The number of ketones is 1. The molecule has 17 heavy (non-hydrogen) atoms. The molecule has 0 fully saturated rings. The van der Waals surface area contributed by atoms with Crippen molar-refractivity contribution in [1.29, 1.82) is 0 Å². The summed E-state index contributed by atoms with van der Waals surface area (Å²) in [6.45, 7) is 0. The van der Waals surface area contributed by atoms with E-state index in [0.717, 1.165) is 12.2 Å². The number of ether oxygens (including phenoxy) is 1. The molecule has 1 aliphatic rings. The Bertz CT molecular complexity index is 414. The zero-order valence-corrected chi connectivity index (χ0v) is 9.39. The first kappa shape index (κ1) is 11.6. The van der Waals surface area contributed by atoms with Crippen molar-refractivity contribution >= 4 is 11.8 Å². The molecule has 1 heterocycles. The number of aliphatic carboxylic acids is 1. The molecule has 1 N–H and O–H groups in total. The third-order valence-electron chi connectivity index (χ3n) is 2.88. The van der Waals surface area contributed by atoms with Crippen LogP contribution in [0.5, 0.6) is 5.75 Å². The lowest BCUT2D eigenvalue weighted by Gasteiger charge is -2.09. The third-order valence-corrected chi connectivity index (χ3v) is 2.88. The van der Waals surface area contributed by atoms with E-state index in [1.807, 2.05) is 24.3 Å². The predicted octanol–water partition coefficient (Wildman–Crippen LogP) is 1.81. The minimum atomic E-state index is -1.35. The maximum Gasteiger partial charge on any atom is 0.372 e. The van der Waals surface area contributed by atoms with Gasteiger partial charge in [-0.3, -0.25) is 4.79 Å². The molecule has 0 aromatic heterocycles. The molecular formula is C13H14O4. The largest absolute Gasteiger partial charge is 0.490 e. The van der Waals surface area contributed by atoms with Crippen molar-refractivity contribution in [3.05, 3.63) is 29.8 Å². The van der Waals surface area contributed by atoms with Crippen LogP contribution in [0.4, 0.5) is 0 Å². The van der Waals surface area contributed by atoms with Crippen LogP contribution in [0.3, 0.4) is 0 Å².